The van der Waals surface area contributed by atoms with E-state index in [-0.39, 0.29) is 12.0 Å². The Balaban J connectivity index is 1.82. The summed E-state index contributed by atoms with van der Waals surface area (Å²) < 4.78 is 5.29. The van der Waals surface area contributed by atoms with Crippen LogP contribution in [0.4, 0.5) is 0 Å². The number of carbonyl (C=O) groups excluding carboxylic acids is 1. The number of likely N-dealkylation sites (N-methyl/N-ethyl adjacent to an activating group) is 1. The summed E-state index contributed by atoms with van der Waals surface area (Å²) in [5.41, 5.74) is 0. The monoisotopic (exact) mass is 323 g/mol. The molecule has 1 aliphatic heterocycles. The maximum atomic E-state index is 12.4. The lowest BCUT2D eigenvalue weighted by Gasteiger charge is -2.41. The minimum absolute atomic E-state index is 0.111. The summed E-state index contributed by atoms with van der Waals surface area (Å²) in [7, 11) is 1.81. The van der Waals surface area contributed by atoms with E-state index >= 15 is 0 Å². The van der Waals surface area contributed by atoms with Crippen LogP contribution in [0.2, 0.25) is 0 Å². The van der Waals surface area contributed by atoms with E-state index in [0.29, 0.717) is 25.7 Å². The van der Waals surface area contributed by atoms with Gasteiger partial charge in [-0.25, -0.2) is 0 Å². The highest BCUT2D eigenvalue weighted by Crippen LogP contribution is 2.14. The summed E-state index contributed by atoms with van der Waals surface area (Å²) in [5, 5.41) is 9.60. The van der Waals surface area contributed by atoms with Crippen LogP contribution >= 0.6 is 0 Å². The van der Waals surface area contributed by atoms with Crippen LogP contribution in [0.1, 0.15) is 26.0 Å². The van der Waals surface area contributed by atoms with E-state index in [1.165, 1.54) is 0 Å². The van der Waals surface area contributed by atoms with Gasteiger partial charge in [0.25, 0.3) is 0 Å². The molecule has 6 nitrogen and oxygen atoms in total. The highest BCUT2D eigenvalue weighted by Gasteiger charge is 2.28. The SMILES string of the molecule is CC[C@@H]1CN(CC(=O)N(C)Cc2ccco2)CCN1C[C@@H](C)O. The van der Waals surface area contributed by atoms with Gasteiger partial charge < -0.3 is 14.4 Å². The zero-order valence-corrected chi connectivity index (χ0v) is 14.4. The van der Waals surface area contributed by atoms with Crippen LogP contribution in [0.15, 0.2) is 22.8 Å². The van der Waals surface area contributed by atoms with Crippen molar-refractivity contribution in [2.45, 2.75) is 39.0 Å². The number of carbonyl (C=O) groups is 1. The average molecular weight is 323 g/mol. The van der Waals surface area contributed by atoms with Crippen LogP contribution in [0.3, 0.4) is 0 Å². The molecule has 1 N–H and O–H groups in total. The summed E-state index contributed by atoms with van der Waals surface area (Å²) in [6.45, 7) is 8.28. The number of hydrogen-bond donors (Lipinski definition) is 1. The standard InChI is InChI=1S/C17H29N3O3/c1-4-15-11-19(7-8-20(15)10-14(2)21)13-17(22)18(3)12-16-6-5-9-23-16/h5-6,9,14-15,21H,4,7-8,10-13H2,1-3H3/t14-,15-/m1/s1. The second-order valence-corrected chi connectivity index (χ2v) is 6.47. The first-order valence-electron chi connectivity index (χ1n) is 8.40. The molecule has 6 heteroatoms. The summed E-state index contributed by atoms with van der Waals surface area (Å²) >= 11 is 0. The quantitative estimate of drug-likeness (QED) is 0.812. The van der Waals surface area contributed by atoms with Crippen LogP contribution in [0.25, 0.3) is 0 Å². The van der Waals surface area contributed by atoms with Crippen molar-refractivity contribution in [2.75, 3.05) is 39.8 Å². The molecule has 0 aromatic carbocycles. The van der Waals surface area contributed by atoms with Crippen LogP contribution < -0.4 is 0 Å². The fourth-order valence-electron chi connectivity index (χ4n) is 3.10. The van der Waals surface area contributed by atoms with E-state index < -0.39 is 0 Å². The van der Waals surface area contributed by atoms with E-state index in [1.807, 2.05) is 26.1 Å². The Morgan fingerprint density at radius 1 is 1.52 bits per heavy atom. The third kappa shape index (κ3) is 5.34. The fourth-order valence-corrected chi connectivity index (χ4v) is 3.10. The molecule has 1 aromatic heterocycles. The van der Waals surface area contributed by atoms with Crippen molar-refractivity contribution in [2.24, 2.45) is 0 Å². The van der Waals surface area contributed by atoms with Crippen molar-refractivity contribution in [1.82, 2.24) is 14.7 Å². The lowest BCUT2D eigenvalue weighted by molar-refractivity contribution is -0.132. The first-order chi connectivity index (χ1) is 11.0. The molecule has 130 valence electrons. The molecule has 1 amide bonds. The minimum atomic E-state index is -0.309. The number of piperazine rings is 1. The van der Waals surface area contributed by atoms with Gasteiger partial charge in [-0.1, -0.05) is 6.92 Å². The highest BCUT2D eigenvalue weighted by atomic mass is 16.3. The van der Waals surface area contributed by atoms with Gasteiger partial charge >= 0.3 is 0 Å². The Hall–Kier alpha value is -1.37. The maximum absolute atomic E-state index is 12.4. The highest BCUT2D eigenvalue weighted by molar-refractivity contribution is 5.77. The first kappa shape index (κ1) is 18.0. The van der Waals surface area contributed by atoms with Gasteiger partial charge in [-0.05, 0) is 25.5 Å². The zero-order valence-electron chi connectivity index (χ0n) is 14.4. The van der Waals surface area contributed by atoms with Gasteiger partial charge in [-0.2, -0.15) is 0 Å². The number of aliphatic hydroxyl groups is 1. The van der Waals surface area contributed by atoms with Gasteiger partial charge in [0, 0.05) is 39.3 Å². The number of β-amino-alcohol motifs (C(OH)–C–C–N with tert-alkyl or cyclic N) is 1. The Morgan fingerprint density at radius 3 is 2.91 bits per heavy atom. The average Bonchev–Trinajstić information content (AvgIpc) is 3.01. The second-order valence-electron chi connectivity index (χ2n) is 6.47. The third-order valence-electron chi connectivity index (χ3n) is 4.42. The number of rotatable bonds is 7. The fraction of sp³-hybridized carbons (Fsp3) is 0.706. The molecular weight excluding hydrogens is 294 g/mol. The van der Waals surface area contributed by atoms with Crippen LogP contribution in [0, 0.1) is 0 Å². The predicted molar refractivity (Wildman–Crippen MR) is 89.0 cm³/mol. The van der Waals surface area contributed by atoms with E-state index in [2.05, 4.69) is 16.7 Å². The van der Waals surface area contributed by atoms with Gasteiger partial charge in [0.2, 0.25) is 5.91 Å². The van der Waals surface area contributed by atoms with Crippen molar-refractivity contribution >= 4 is 5.91 Å². The van der Waals surface area contributed by atoms with Crippen LogP contribution in [0.5, 0.6) is 0 Å². The molecular formula is C17H29N3O3. The van der Waals surface area contributed by atoms with Gasteiger partial charge in [0.1, 0.15) is 5.76 Å². The molecule has 1 saturated heterocycles. The van der Waals surface area contributed by atoms with Gasteiger partial charge in [0.05, 0.1) is 25.5 Å². The van der Waals surface area contributed by atoms with E-state index in [0.717, 1.165) is 31.8 Å². The molecule has 0 aliphatic carbocycles. The molecule has 0 spiro atoms. The number of hydrogen-bond acceptors (Lipinski definition) is 5. The Kier molecular flexibility index (Phi) is 6.62. The van der Waals surface area contributed by atoms with Crippen molar-refractivity contribution in [3.05, 3.63) is 24.2 Å². The number of aliphatic hydroxyl groups excluding tert-OH is 1. The van der Waals surface area contributed by atoms with E-state index in [4.69, 9.17) is 4.42 Å². The molecule has 1 aromatic rings. The predicted octanol–water partition coefficient (Wildman–Crippen LogP) is 1.01. The van der Waals surface area contributed by atoms with Crippen molar-refractivity contribution < 1.29 is 14.3 Å². The normalized spacial score (nSPS) is 21.3. The van der Waals surface area contributed by atoms with E-state index in [1.54, 1.807) is 11.2 Å². The topological polar surface area (TPSA) is 60.2 Å². The molecule has 2 heterocycles. The van der Waals surface area contributed by atoms with E-state index in [9.17, 15) is 9.90 Å². The first-order valence-corrected chi connectivity index (χ1v) is 8.40. The number of nitrogens with zero attached hydrogens (tertiary/aromatic N) is 3. The maximum Gasteiger partial charge on any atom is 0.236 e. The zero-order chi connectivity index (χ0) is 16.8. The largest absolute Gasteiger partial charge is 0.467 e. The molecule has 2 atom stereocenters. The van der Waals surface area contributed by atoms with Crippen molar-refractivity contribution in [3.8, 4) is 0 Å². The third-order valence-corrected chi connectivity index (χ3v) is 4.42. The Labute approximate surface area is 138 Å². The number of furan rings is 1. The second kappa shape index (κ2) is 8.47. The molecule has 1 aliphatic rings. The minimum Gasteiger partial charge on any atom is -0.467 e. The molecule has 0 radical (unpaired) electrons. The summed E-state index contributed by atoms with van der Waals surface area (Å²) in [6, 6.07) is 4.12. The number of amides is 1. The molecule has 0 saturated carbocycles. The van der Waals surface area contributed by atoms with Gasteiger partial charge in [-0.3, -0.25) is 14.6 Å². The Morgan fingerprint density at radius 2 is 2.30 bits per heavy atom. The lowest BCUT2D eigenvalue weighted by Crippen LogP contribution is -2.56. The van der Waals surface area contributed by atoms with Crippen molar-refractivity contribution in [1.29, 1.82) is 0 Å². The summed E-state index contributed by atoms with van der Waals surface area (Å²) in [4.78, 5) is 18.6. The summed E-state index contributed by atoms with van der Waals surface area (Å²) in [5.74, 6) is 0.911. The molecule has 1 fully saturated rings. The molecule has 0 unspecified atom stereocenters. The summed E-state index contributed by atoms with van der Waals surface area (Å²) in [6.07, 6.45) is 2.34. The van der Waals surface area contributed by atoms with Crippen LogP contribution in [-0.4, -0.2) is 77.6 Å². The van der Waals surface area contributed by atoms with Crippen LogP contribution in [-0.2, 0) is 11.3 Å². The van der Waals surface area contributed by atoms with Gasteiger partial charge in [0.15, 0.2) is 0 Å². The van der Waals surface area contributed by atoms with Crippen molar-refractivity contribution in [3.63, 3.8) is 0 Å². The lowest BCUT2D eigenvalue weighted by atomic mass is 10.1. The van der Waals surface area contributed by atoms with Gasteiger partial charge in [-0.15, -0.1) is 0 Å². The molecule has 0 bridgehead atoms. The molecule has 2 rings (SSSR count). The molecule has 23 heavy (non-hydrogen) atoms. The smallest absolute Gasteiger partial charge is 0.236 e. The Bertz CT molecular complexity index is 475.